The van der Waals surface area contributed by atoms with Gasteiger partial charge in [-0.15, -0.1) is 0 Å². The maximum atomic E-state index is 11.9. The van der Waals surface area contributed by atoms with E-state index in [0.29, 0.717) is 12.2 Å². The van der Waals surface area contributed by atoms with E-state index in [1.807, 2.05) is 37.3 Å². The molecule has 24 heavy (non-hydrogen) atoms. The number of hydrogen-bond acceptors (Lipinski definition) is 6. The normalized spacial score (nSPS) is 14.0. The summed E-state index contributed by atoms with van der Waals surface area (Å²) in [5.41, 5.74) is 0.172. The highest BCUT2D eigenvalue weighted by Crippen LogP contribution is 2.22. The number of carbonyl (C=O) groups is 1. The van der Waals surface area contributed by atoms with Gasteiger partial charge < -0.3 is 19.7 Å². The monoisotopic (exact) mass is 333 g/mol. The van der Waals surface area contributed by atoms with Gasteiger partial charge in [0.25, 0.3) is 5.89 Å². The van der Waals surface area contributed by atoms with Crippen LogP contribution in [-0.4, -0.2) is 33.0 Å². The van der Waals surface area contributed by atoms with E-state index in [1.54, 1.807) is 20.8 Å². The van der Waals surface area contributed by atoms with E-state index in [2.05, 4.69) is 15.5 Å². The summed E-state index contributed by atoms with van der Waals surface area (Å²) in [6, 6.07) is 8.71. The fourth-order valence-corrected chi connectivity index (χ4v) is 2.10. The summed E-state index contributed by atoms with van der Waals surface area (Å²) in [7, 11) is 0. The smallest absolute Gasteiger partial charge is 0.407 e. The Morgan fingerprint density at radius 3 is 2.58 bits per heavy atom. The van der Waals surface area contributed by atoms with Crippen LogP contribution in [0.5, 0.6) is 0 Å². The molecule has 0 radical (unpaired) electrons. The Morgan fingerprint density at radius 2 is 2.00 bits per heavy atom. The minimum Gasteiger partial charge on any atom is -0.444 e. The van der Waals surface area contributed by atoms with Crippen molar-refractivity contribution in [2.75, 3.05) is 0 Å². The second kappa shape index (κ2) is 7.44. The lowest BCUT2D eigenvalue weighted by atomic mass is 10.1. The Labute approximate surface area is 141 Å². The van der Waals surface area contributed by atoms with Crippen LogP contribution in [0.2, 0.25) is 0 Å². The van der Waals surface area contributed by atoms with Crippen LogP contribution >= 0.6 is 0 Å². The Morgan fingerprint density at radius 1 is 1.33 bits per heavy atom. The average Bonchev–Trinajstić information content (AvgIpc) is 3.01. The molecule has 2 rings (SSSR count). The van der Waals surface area contributed by atoms with Crippen LogP contribution in [0.1, 0.15) is 46.1 Å². The van der Waals surface area contributed by atoms with Crippen LogP contribution in [0.3, 0.4) is 0 Å². The third-order valence-electron chi connectivity index (χ3n) is 3.25. The van der Waals surface area contributed by atoms with Gasteiger partial charge in [-0.05, 0) is 27.2 Å². The van der Waals surface area contributed by atoms with Gasteiger partial charge in [-0.2, -0.15) is 4.98 Å². The number of alkyl carbamates (subject to hydrolysis) is 1. The molecule has 1 aromatic heterocycles. The third-order valence-corrected chi connectivity index (χ3v) is 3.25. The Bertz CT molecular complexity index is 664. The molecule has 1 unspecified atom stereocenters. The number of ether oxygens (including phenoxy) is 1. The Kier molecular flexibility index (Phi) is 5.56. The lowest BCUT2D eigenvalue weighted by Gasteiger charge is -2.24. The first-order chi connectivity index (χ1) is 11.3. The van der Waals surface area contributed by atoms with E-state index in [9.17, 15) is 9.90 Å². The average molecular weight is 333 g/mol. The molecule has 1 amide bonds. The van der Waals surface area contributed by atoms with Crippen molar-refractivity contribution >= 4 is 6.09 Å². The molecule has 1 heterocycles. The van der Waals surface area contributed by atoms with Crippen molar-refractivity contribution in [1.29, 1.82) is 0 Å². The molecule has 0 aliphatic carbocycles. The number of benzene rings is 1. The minimum absolute atomic E-state index is 0.0526. The molecule has 0 saturated heterocycles. The SMILES string of the molecule is CC[C@H](NC(=O)OC(C)(C)C)C(O)c1nc(-c2ccccc2)no1. The maximum Gasteiger partial charge on any atom is 0.407 e. The molecule has 130 valence electrons. The van der Waals surface area contributed by atoms with Gasteiger partial charge in [-0.1, -0.05) is 42.4 Å². The van der Waals surface area contributed by atoms with Crippen LogP contribution in [0.15, 0.2) is 34.9 Å². The number of aliphatic hydroxyl groups is 1. The number of amides is 1. The predicted octanol–water partition coefficient (Wildman–Crippen LogP) is 3.07. The van der Waals surface area contributed by atoms with E-state index in [4.69, 9.17) is 9.26 Å². The van der Waals surface area contributed by atoms with Crippen LogP contribution in [0.25, 0.3) is 11.4 Å². The van der Waals surface area contributed by atoms with Crippen molar-refractivity contribution in [2.45, 2.75) is 51.9 Å². The van der Waals surface area contributed by atoms with Crippen molar-refractivity contribution in [1.82, 2.24) is 15.5 Å². The second-order valence-corrected chi connectivity index (χ2v) is 6.43. The summed E-state index contributed by atoms with van der Waals surface area (Å²) in [6.45, 7) is 7.15. The number of aromatic nitrogens is 2. The lowest BCUT2D eigenvalue weighted by Crippen LogP contribution is -2.42. The topological polar surface area (TPSA) is 97.5 Å². The third kappa shape index (κ3) is 4.79. The first-order valence-electron chi connectivity index (χ1n) is 7.86. The molecule has 0 spiro atoms. The maximum absolute atomic E-state index is 11.9. The molecule has 7 heteroatoms. The van der Waals surface area contributed by atoms with Crippen molar-refractivity contribution in [2.24, 2.45) is 0 Å². The fourth-order valence-electron chi connectivity index (χ4n) is 2.10. The van der Waals surface area contributed by atoms with Gasteiger partial charge in [0.15, 0.2) is 6.10 Å². The molecule has 2 aromatic rings. The molecule has 1 aromatic carbocycles. The van der Waals surface area contributed by atoms with Crippen LogP contribution < -0.4 is 5.32 Å². The van der Waals surface area contributed by atoms with Crippen LogP contribution in [0, 0.1) is 0 Å². The molecule has 2 atom stereocenters. The molecule has 0 bridgehead atoms. The van der Waals surface area contributed by atoms with E-state index in [0.717, 1.165) is 5.56 Å². The summed E-state index contributed by atoms with van der Waals surface area (Å²) >= 11 is 0. The van der Waals surface area contributed by atoms with E-state index < -0.39 is 23.8 Å². The van der Waals surface area contributed by atoms with E-state index >= 15 is 0 Å². The van der Waals surface area contributed by atoms with Crippen molar-refractivity contribution < 1.29 is 19.2 Å². The molecule has 2 N–H and O–H groups in total. The molecule has 0 saturated carbocycles. The standard InChI is InChI=1S/C17H23N3O4/c1-5-12(18-16(22)23-17(2,3)4)13(21)15-19-14(20-24-15)11-9-7-6-8-10-11/h6-10,12-13,21H,5H2,1-4H3,(H,18,22)/t12-,13?/m0/s1. The number of carbonyl (C=O) groups excluding carboxylic acids is 1. The molecule has 0 aliphatic heterocycles. The number of rotatable bonds is 5. The molecular formula is C17H23N3O4. The summed E-state index contributed by atoms with van der Waals surface area (Å²) in [4.78, 5) is 16.1. The molecular weight excluding hydrogens is 310 g/mol. The van der Waals surface area contributed by atoms with Crippen molar-refractivity contribution in [3.63, 3.8) is 0 Å². The fraction of sp³-hybridized carbons (Fsp3) is 0.471. The summed E-state index contributed by atoms with van der Waals surface area (Å²) in [5.74, 6) is 0.438. The number of nitrogens with one attached hydrogen (secondary N) is 1. The minimum atomic E-state index is -1.12. The van der Waals surface area contributed by atoms with Gasteiger partial charge >= 0.3 is 6.09 Å². The lowest BCUT2D eigenvalue weighted by molar-refractivity contribution is 0.0375. The number of aliphatic hydroxyl groups excluding tert-OH is 1. The Balaban J connectivity index is 2.07. The van der Waals surface area contributed by atoms with Crippen LogP contribution in [0.4, 0.5) is 4.79 Å². The second-order valence-electron chi connectivity index (χ2n) is 6.43. The Hall–Kier alpha value is -2.41. The summed E-state index contributed by atoms with van der Waals surface area (Å²) in [5, 5.41) is 16.9. The van der Waals surface area contributed by atoms with E-state index in [-0.39, 0.29) is 5.89 Å². The largest absolute Gasteiger partial charge is 0.444 e. The van der Waals surface area contributed by atoms with Gasteiger partial charge in [0.2, 0.25) is 5.82 Å². The first kappa shape index (κ1) is 17.9. The highest BCUT2D eigenvalue weighted by molar-refractivity contribution is 5.68. The number of nitrogens with zero attached hydrogens (tertiary/aromatic N) is 2. The van der Waals surface area contributed by atoms with Gasteiger partial charge in [-0.3, -0.25) is 0 Å². The van der Waals surface area contributed by atoms with Gasteiger partial charge in [-0.25, -0.2) is 4.79 Å². The highest BCUT2D eigenvalue weighted by atomic mass is 16.6. The molecule has 7 nitrogen and oxygen atoms in total. The highest BCUT2D eigenvalue weighted by Gasteiger charge is 2.28. The van der Waals surface area contributed by atoms with Crippen molar-refractivity contribution in [3.8, 4) is 11.4 Å². The number of hydrogen-bond donors (Lipinski definition) is 2. The summed E-state index contributed by atoms with van der Waals surface area (Å²) in [6.07, 6.45) is -1.24. The van der Waals surface area contributed by atoms with Gasteiger partial charge in [0.1, 0.15) is 5.60 Å². The van der Waals surface area contributed by atoms with Crippen LogP contribution in [-0.2, 0) is 4.74 Å². The van der Waals surface area contributed by atoms with E-state index in [1.165, 1.54) is 0 Å². The zero-order valence-electron chi connectivity index (χ0n) is 14.3. The van der Waals surface area contributed by atoms with Gasteiger partial charge in [0.05, 0.1) is 6.04 Å². The van der Waals surface area contributed by atoms with Gasteiger partial charge in [0, 0.05) is 5.56 Å². The molecule has 0 fully saturated rings. The quantitative estimate of drug-likeness (QED) is 0.872. The molecule has 0 aliphatic rings. The zero-order valence-corrected chi connectivity index (χ0v) is 14.3. The summed E-state index contributed by atoms with van der Waals surface area (Å²) < 4.78 is 10.3. The zero-order chi connectivity index (χ0) is 17.7. The van der Waals surface area contributed by atoms with Crippen molar-refractivity contribution in [3.05, 3.63) is 36.2 Å². The first-order valence-corrected chi connectivity index (χ1v) is 7.86. The predicted molar refractivity (Wildman–Crippen MR) is 88.1 cm³/mol.